The molecule has 0 aliphatic carbocycles. The monoisotopic (exact) mass is 228 g/mol. The van der Waals surface area contributed by atoms with Gasteiger partial charge in [0, 0.05) is 13.1 Å². The highest BCUT2D eigenvalue weighted by Gasteiger charge is 2.12. The summed E-state index contributed by atoms with van der Waals surface area (Å²) in [6.07, 6.45) is 2.64. The average molecular weight is 229 g/mol. The van der Waals surface area contributed by atoms with E-state index in [1.165, 1.54) is 12.5 Å². The molecular formula is C9H13ClN4O. The topological polar surface area (TPSA) is 61.6 Å². The lowest BCUT2D eigenvalue weighted by molar-refractivity contribution is 0.322. The molecule has 0 aromatic carbocycles. The first-order valence-electron chi connectivity index (χ1n) is 4.67. The van der Waals surface area contributed by atoms with Crippen molar-refractivity contribution < 1.29 is 5.21 Å². The Morgan fingerprint density at radius 3 is 2.67 bits per heavy atom. The minimum Gasteiger partial charge on any atom is -0.411 e. The Kier molecular flexibility index (Phi) is 4.30. The van der Waals surface area contributed by atoms with Crippen LogP contribution in [0.5, 0.6) is 0 Å². The highest BCUT2D eigenvalue weighted by molar-refractivity contribution is 6.32. The molecule has 0 aliphatic rings. The second kappa shape index (κ2) is 5.50. The van der Waals surface area contributed by atoms with Crippen LogP contribution in [0.15, 0.2) is 11.5 Å². The van der Waals surface area contributed by atoms with E-state index in [0.717, 1.165) is 13.1 Å². The fourth-order valence-corrected chi connectivity index (χ4v) is 1.49. The van der Waals surface area contributed by atoms with E-state index in [1.807, 2.05) is 18.7 Å². The van der Waals surface area contributed by atoms with Crippen molar-refractivity contribution in [3.05, 3.63) is 17.0 Å². The van der Waals surface area contributed by atoms with Crippen LogP contribution in [0.25, 0.3) is 0 Å². The quantitative estimate of drug-likeness (QED) is 0.369. The third kappa shape index (κ3) is 2.56. The van der Waals surface area contributed by atoms with Crippen molar-refractivity contribution in [2.24, 2.45) is 5.16 Å². The number of hydrogen-bond acceptors (Lipinski definition) is 5. The van der Waals surface area contributed by atoms with Gasteiger partial charge in [-0.15, -0.1) is 0 Å². The van der Waals surface area contributed by atoms with Gasteiger partial charge in [-0.25, -0.2) is 9.97 Å². The maximum Gasteiger partial charge on any atom is 0.143 e. The SMILES string of the molecule is CCN(CC)c1ncnc(Cl)c1/C=N\O. The van der Waals surface area contributed by atoms with Crippen LogP contribution < -0.4 is 4.90 Å². The summed E-state index contributed by atoms with van der Waals surface area (Å²) in [7, 11) is 0. The van der Waals surface area contributed by atoms with E-state index in [9.17, 15) is 0 Å². The predicted octanol–water partition coefficient (Wildman–Crippen LogP) is 1.78. The van der Waals surface area contributed by atoms with E-state index in [0.29, 0.717) is 11.4 Å². The third-order valence-electron chi connectivity index (χ3n) is 2.06. The van der Waals surface area contributed by atoms with Gasteiger partial charge >= 0.3 is 0 Å². The molecule has 0 saturated carbocycles. The normalized spacial score (nSPS) is 10.9. The summed E-state index contributed by atoms with van der Waals surface area (Å²) in [4.78, 5) is 9.97. The molecule has 15 heavy (non-hydrogen) atoms. The molecule has 82 valence electrons. The van der Waals surface area contributed by atoms with Crippen LogP contribution >= 0.6 is 11.6 Å². The zero-order valence-corrected chi connectivity index (χ0v) is 9.44. The Balaban J connectivity index is 3.20. The number of anilines is 1. The zero-order valence-electron chi connectivity index (χ0n) is 8.68. The van der Waals surface area contributed by atoms with Gasteiger partial charge in [0.25, 0.3) is 0 Å². The Bertz CT molecular complexity index is 352. The molecule has 0 radical (unpaired) electrons. The summed E-state index contributed by atoms with van der Waals surface area (Å²) in [6.45, 7) is 5.63. The lowest BCUT2D eigenvalue weighted by Gasteiger charge is -2.21. The molecule has 0 unspecified atom stereocenters. The second-order valence-corrected chi connectivity index (χ2v) is 3.18. The molecule has 1 aromatic heterocycles. The van der Waals surface area contributed by atoms with Crippen LogP contribution in [0, 0.1) is 0 Å². The van der Waals surface area contributed by atoms with Crippen LogP contribution in [0.2, 0.25) is 5.15 Å². The Morgan fingerprint density at radius 2 is 2.13 bits per heavy atom. The van der Waals surface area contributed by atoms with Crippen LogP contribution in [0.4, 0.5) is 5.82 Å². The van der Waals surface area contributed by atoms with E-state index in [-0.39, 0.29) is 5.15 Å². The van der Waals surface area contributed by atoms with E-state index < -0.39 is 0 Å². The van der Waals surface area contributed by atoms with Gasteiger partial charge in [0.1, 0.15) is 17.3 Å². The van der Waals surface area contributed by atoms with Crippen LogP contribution in [-0.4, -0.2) is 34.5 Å². The number of hydrogen-bond donors (Lipinski definition) is 1. The van der Waals surface area contributed by atoms with Crippen molar-refractivity contribution in [2.75, 3.05) is 18.0 Å². The van der Waals surface area contributed by atoms with Gasteiger partial charge in [0.05, 0.1) is 11.8 Å². The minimum atomic E-state index is 0.282. The van der Waals surface area contributed by atoms with Crippen molar-refractivity contribution in [2.45, 2.75) is 13.8 Å². The molecule has 0 atom stereocenters. The smallest absolute Gasteiger partial charge is 0.143 e. The molecule has 1 aromatic rings. The number of rotatable bonds is 4. The fraction of sp³-hybridized carbons (Fsp3) is 0.444. The summed E-state index contributed by atoms with van der Waals surface area (Å²) >= 11 is 5.89. The summed E-state index contributed by atoms with van der Waals surface area (Å²) in [5.74, 6) is 0.679. The molecule has 0 amide bonds. The van der Waals surface area contributed by atoms with Crippen LogP contribution in [0.1, 0.15) is 19.4 Å². The standard InChI is InChI=1S/C9H13ClN4O/c1-3-14(4-2)9-7(5-13-15)8(10)11-6-12-9/h5-6,15H,3-4H2,1-2H3/b13-5-. The largest absolute Gasteiger partial charge is 0.411 e. The minimum absolute atomic E-state index is 0.282. The van der Waals surface area contributed by atoms with Gasteiger partial charge in [0.2, 0.25) is 0 Å². The van der Waals surface area contributed by atoms with Crippen LogP contribution in [-0.2, 0) is 0 Å². The van der Waals surface area contributed by atoms with Crippen molar-refractivity contribution in [3.8, 4) is 0 Å². The lowest BCUT2D eigenvalue weighted by Crippen LogP contribution is -2.24. The Hall–Kier alpha value is -1.36. The average Bonchev–Trinajstić information content (AvgIpc) is 2.24. The molecule has 1 rings (SSSR count). The molecule has 1 heterocycles. The molecular weight excluding hydrogens is 216 g/mol. The van der Waals surface area contributed by atoms with E-state index in [4.69, 9.17) is 16.8 Å². The van der Waals surface area contributed by atoms with Crippen molar-refractivity contribution in [1.29, 1.82) is 0 Å². The third-order valence-corrected chi connectivity index (χ3v) is 2.37. The highest BCUT2D eigenvalue weighted by atomic mass is 35.5. The first-order chi connectivity index (χ1) is 7.24. The highest BCUT2D eigenvalue weighted by Crippen LogP contribution is 2.20. The number of aromatic nitrogens is 2. The zero-order chi connectivity index (χ0) is 11.3. The lowest BCUT2D eigenvalue weighted by atomic mass is 10.3. The molecule has 0 bridgehead atoms. The predicted molar refractivity (Wildman–Crippen MR) is 60.0 cm³/mol. The molecule has 5 nitrogen and oxygen atoms in total. The Morgan fingerprint density at radius 1 is 1.47 bits per heavy atom. The van der Waals surface area contributed by atoms with Gasteiger partial charge in [-0.05, 0) is 13.8 Å². The van der Waals surface area contributed by atoms with Crippen molar-refractivity contribution in [3.63, 3.8) is 0 Å². The van der Waals surface area contributed by atoms with Crippen LogP contribution in [0.3, 0.4) is 0 Å². The van der Waals surface area contributed by atoms with Crippen molar-refractivity contribution in [1.82, 2.24) is 9.97 Å². The molecule has 0 fully saturated rings. The van der Waals surface area contributed by atoms with Gasteiger partial charge in [-0.2, -0.15) is 0 Å². The first kappa shape index (κ1) is 11.7. The summed E-state index contributed by atoms with van der Waals surface area (Å²) in [5, 5.41) is 11.8. The molecule has 6 heteroatoms. The van der Waals surface area contributed by atoms with E-state index in [2.05, 4.69) is 15.1 Å². The summed E-state index contributed by atoms with van der Waals surface area (Å²) in [5.41, 5.74) is 0.533. The maximum absolute atomic E-state index is 8.53. The fourth-order valence-electron chi connectivity index (χ4n) is 1.31. The Labute approximate surface area is 93.4 Å². The summed E-state index contributed by atoms with van der Waals surface area (Å²) < 4.78 is 0. The second-order valence-electron chi connectivity index (χ2n) is 2.82. The van der Waals surface area contributed by atoms with E-state index in [1.54, 1.807) is 0 Å². The summed E-state index contributed by atoms with van der Waals surface area (Å²) in [6, 6.07) is 0. The van der Waals surface area contributed by atoms with Gasteiger partial charge in [-0.1, -0.05) is 16.8 Å². The number of halogens is 1. The molecule has 0 spiro atoms. The number of oxime groups is 1. The first-order valence-corrected chi connectivity index (χ1v) is 5.05. The molecule has 0 saturated heterocycles. The van der Waals surface area contributed by atoms with E-state index >= 15 is 0 Å². The molecule has 1 N–H and O–H groups in total. The maximum atomic E-state index is 8.53. The van der Waals surface area contributed by atoms with Gasteiger partial charge in [0.15, 0.2) is 0 Å². The number of nitrogens with zero attached hydrogens (tertiary/aromatic N) is 4. The van der Waals surface area contributed by atoms with Crippen molar-refractivity contribution >= 4 is 23.6 Å². The van der Waals surface area contributed by atoms with Gasteiger partial charge in [-0.3, -0.25) is 0 Å². The van der Waals surface area contributed by atoms with Gasteiger partial charge < -0.3 is 10.1 Å². The molecule has 0 aliphatic heterocycles.